The predicted molar refractivity (Wildman–Crippen MR) is 71.3 cm³/mol. The Labute approximate surface area is 113 Å². The quantitative estimate of drug-likeness (QED) is 0.889. The third kappa shape index (κ3) is 2.78. The van der Waals surface area contributed by atoms with Gasteiger partial charge in [-0.25, -0.2) is 4.39 Å². The predicted octanol–water partition coefficient (Wildman–Crippen LogP) is 3.05. The molecule has 4 heteroatoms. The number of nitrogens with zero attached hydrogens (tertiary/aromatic N) is 1. The van der Waals surface area contributed by atoms with Gasteiger partial charge >= 0.3 is 5.97 Å². The van der Waals surface area contributed by atoms with Gasteiger partial charge in [-0.05, 0) is 43.5 Å². The Morgan fingerprint density at radius 1 is 1.42 bits per heavy atom. The Bertz CT molecular complexity index is 446. The number of benzene rings is 1. The summed E-state index contributed by atoms with van der Waals surface area (Å²) in [6.07, 6.45) is 3.14. The zero-order valence-electron chi connectivity index (χ0n) is 11.2. The molecule has 1 unspecified atom stereocenters. The Balaban J connectivity index is 2.17. The molecule has 104 valence electrons. The van der Waals surface area contributed by atoms with Crippen molar-refractivity contribution in [2.24, 2.45) is 0 Å². The standard InChI is InChI=1S/C15H20FNO2/c1-2-8-15(14(18)19)9-3-10-17(15)11-12-4-6-13(16)7-5-12/h4-7H,2-3,8-11H2,1H3,(H,18,19). The van der Waals surface area contributed by atoms with Crippen LogP contribution in [0.3, 0.4) is 0 Å². The van der Waals surface area contributed by atoms with Crippen molar-refractivity contribution in [1.29, 1.82) is 0 Å². The van der Waals surface area contributed by atoms with Gasteiger partial charge in [-0.2, -0.15) is 0 Å². The lowest BCUT2D eigenvalue weighted by Crippen LogP contribution is -2.49. The number of halogens is 1. The van der Waals surface area contributed by atoms with Crippen molar-refractivity contribution >= 4 is 5.97 Å². The van der Waals surface area contributed by atoms with E-state index >= 15 is 0 Å². The van der Waals surface area contributed by atoms with E-state index in [-0.39, 0.29) is 5.82 Å². The zero-order valence-corrected chi connectivity index (χ0v) is 11.2. The number of rotatable bonds is 5. The maximum atomic E-state index is 12.9. The molecule has 0 spiro atoms. The van der Waals surface area contributed by atoms with Gasteiger partial charge in [0.05, 0.1) is 0 Å². The van der Waals surface area contributed by atoms with E-state index < -0.39 is 11.5 Å². The molecule has 1 aliphatic rings. The van der Waals surface area contributed by atoms with E-state index in [2.05, 4.69) is 0 Å². The average molecular weight is 265 g/mol. The molecule has 0 radical (unpaired) electrons. The first kappa shape index (κ1) is 14.0. The summed E-state index contributed by atoms with van der Waals surface area (Å²) < 4.78 is 12.9. The highest BCUT2D eigenvalue weighted by atomic mass is 19.1. The van der Waals surface area contributed by atoms with Gasteiger partial charge in [0.1, 0.15) is 11.4 Å². The Kier molecular flexibility index (Phi) is 4.20. The summed E-state index contributed by atoms with van der Waals surface area (Å²) >= 11 is 0. The van der Waals surface area contributed by atoms with Crippen LogP contribution in [0.1, 0.15) is 38.2 Å². The minimum absolute atomic E-state index is 0.261. The number of hydrogen-bond acceptors (Lipinski definition) is 2. The molecule has 3 nitrogen and oxygen atoms in total. The Hall–Kier alpha value is -1.42. The normalized spacial score (nSPS) is 23.7. The first-order valence-corrected chi connectivity index (χ1v) is 6.81. The average Bonchev–Trinajstić information content (AvgIpc) is 2.77. The van der Waals surface area contributed by atoms with Crippen molar-refractivity contribution in [3.8, 4) is 0 Å². The molecule has 0 amide bonds. The largest absolute Gasteiger partial charge is 0.480 e. The highest BCUT2D eigenvalue weighted by molar-refractivity contribution is 5.79. The molecule has 1 heterocycles. The van der Waals surface area contributed by atoms with Crippen LogP contribution in [0, 0.1) is 5.82 Å². The molecule has 1 atom stereocenters. The summed E-state index contributed by atoms with van der Waals surface area (Å²) in [4.78, 5) is 13.7. The fraction of sp³-hybridized carbons (Fsp3) is 0.533. The lowest BCUT2D eigenvalue weighted by Gasteiger charge is -2.34. The number of carboxylic acid groups (broad SMARTS) is 1. The van der Waals surface area contributed by atoms with E-state index in [4.69, 9.17) is 0 Å². The summed E-state index contributed by atoms with van der Waals surface area (Å²) in [5, 5.41) is 9.59. The lowest BCUT2D eigenvalue weighted by atomic mass is 9.90. The molecule has 0 bridgehead atoms. The third-order valence-electron chi connectivity index (χ3n) is 3.97. The van der Waals surface area contributed by atoms with Crippen LogP contribution in [-0.4, -0.2) is 28.1 Å². The number of aliphatic carboxylic acids is 1. The molecule has 19 heavy (non-hydrogen) atoms. The number of carbonyl (C=O) groups is 1. The molecular weight excluding hydrogens is 245 g/mol. The monoisotopic (exact) mass is 265 g/mol. The molecule has 1 aromatic carbocycles. The zero-order chi connectivity index (χ0) is 13.9. The van der Waals surface area contributed by atoms with Crippen LogP contribution in [0.5, 0.6) is 0 Å². The summed E-state index contributed by atoms with van der Waals surface area (Å²) in [6.45, 7) is 3.38. The van der Waals surface area contributed by atoms with Crippen LogP contribution < -0.4 is 0 Å². The van der Waals surface area contributed by atoms with Crippen molar-refractivity contribution in [2.45, 2.75) is 44.7 Å². The van der Waals surface area contributed by atoms with E-state index in [1.165, 1.54) is 12.1 Å². The smallest absolute Gasteiger partial charge is 0.324 e. The van der Waals surface area contributed by atoms with E-state index in [1.54, 1.807) is 12.1 Å². The first-order valence-electron chi connectivity index (χ1n) is 6.81. The molecular formula is C15H20FNO2. The van der Waals surface area contributed by atoms with Gasteiger partial charge in [0.2, 0.25) is 0 Å². The molecule has 2 rings (SSSR count). The maximum absolute atomic E-state index is 12.9. The highest BCUT2D eigenvalue weighted by Crippen LogP contribution is 2.35. The lowest BCUT2D eigenvalue weighted by molar-refractivity contribution is -0.150. The fourth-order valence-corrected chi connectivity index (χ4v) is 3.02. The van der Waals surface area contributed by atoms with Crippen LogP contribution in [0.25, 0.3) is 0 Å². The van der Waals surface area contributed by atoms with Gasteiger partial charge < -0.3 is 5.11 Å². The maximum Gasteiger partial charge on any atom is 0.324 e. The van der Waals surface area contributed by atoms with Crippen molar-refractivity contribution in [2.75, 3.05) is 6.54 Å². The minimum Gasteiger partial charge on any atom is -0.480 e. The Morgan fingerprint density at radius 2 is 2.11 bits per heavy atom. The van der Waals surface area contributed by atoms with Crippen LogP contribution in [0.2, 0.25) is 0 Å². The van der Waals surface area contributed by atoms with E-state index in [0.29, 0.717) is 19.4 Å². The van der Waals surface area contributed by atoms with Gasteiger partial charge in [0, 0.05) is 6.54 Å². The summed E-state index contributed by atoms with van der Waals surface area (Å²) in [6, 6.07) is 6.31. The topological polar surface area (TPSA) is 40.5 Å². The second kappa shape index (κ2) is 5.70. The molecule has 0 aliphatic carbocycles. The van der Waals surface area contributed by atoms with Gasteiger partial charge in [-0.15, -0.1) is 0 Å². The molecule has 1 aliphatic heterocycles. The van der Waals surface area contributed by atoms with Crippen molar-refractivity contribution in [3.05, 3.63) is 35.6 Å². The van der Waals surface area contributed by atoms with Gasteiger partial charge in [-0.3, -0.25) is 9.69 Å². The Morgan fingerprint density at radius 3 is 2.68 bits per heavy atom. The van der Waals surface area contributed by atoms with E-state index in [0.717, 1.165) is 24.9 Å². The molecule has 1 N–H and O–H groups in total. The number of carboxylic acids is 1. The fourth-order valence-electron chi connectivity index (χ4n) is 3.02. The third-order valence-corrected chi connectivity index (χ3v) is 3.97. The van der Waals surface area contributed by atoms with Crippen molar-refractivity contribution in [3.63, 3.8) is 0 Å². The summed E-state index contributed by atoms with van der Waals surface area (Å²) in [5.41, 5.74) is 0.230. The number of hydrogen-bond donors (Lipinski definition) is 1. The summed E-state index contributed by atoms with van der Waals surface area (Å²) in [5.74, 6) is -0.989. The van der Waals surface area contributed by atoms with Gasteiger partial charge in [-0.1, -0.05) is 25.5 Å². The second-order valence-corrected chi connectivity index (χ2v) is 5.24. The minimum atomic E-state index is -0.733. The van der Waals surface area contributed by atoms with Gasteiger partial charge in [0.25, 0.3) is 0 Å². The molecule has 1 aromatic rings. The first-order chi connectivity index (χ1) is 9.08. The summed E-state index contributed by atoms with van der Waals surface area (Å²) in [7, 11) is 0. The molecule has 0 aromatic heterocycles. The molecule has 1 fully saturated rings. The van der Waals surface area contributed by atoms with E-state index in [9.17, 15) is 14.3 Å². The molecule has 1 saturated heterocycles. The highest BCUT2D eigenvalue weighted by Gasteiger charge is 2.46. The van der Waals surface area contributed by atoms with Crippen LogP contribution in [0.4, 0.5) is 4.39 Å². The van der Waals surface area contributed by atoms with Crippen LogP contribution >= 0.6 is 0 Å². The van der Waals surface area contributed by atoms with Crippen molar-refractivity contribution < 1.29 is 14.3 Å². The van der Waals surface area contributed by atoms with Crippen LogP contribution in [0.15, 0.2) is 24.3 Å². The number of likely N-dealkylation sites (tertiary alicyclic amines) is 1. The van der Waals surface area contributed by atoms with E-state index in [1.807, 2.05) is 11.8 Å². The molecule has 0 saturated carbocycles. The van der Waals surface area contributed by atoms with Gasteiger partial charge in [0.15, 0.2) is 0 Å². The second-order valence-electron chi connectivity index (χ2n) is 5.24. The van der Waals surface area contributed by atoms with Crippen molar-refractivity contribution in [1.82, 2.24) is 4.90 Å². The van der Waals surface area contributed by atoms with Crippen LogP contribution in [-0.2, 0) is 11.3 Å². The SMILES string of the molecule is CCCC1(C(=O)O)CCCN1Cc1ccc(F)cc1.